The average molecular weight is 373 g/mol. The zero-order valence-corrected chi connectivity index (χ0v) is 16.3. The molecule has 138 valence electrons. The first-order valence-electron chi connectivity index (χ1n) is 9.88. The molecule has 0 N–H and O–H groups in total. The second-order valence-electron chi connectivity index (χ2n) is 7.55. The van der Waals surface area contributed by atoms with Crippen LogP contribution >= 0.6 is 0 Å². The van der Waals surface area contributed by atoms with Gasteiger partial charge in [0.1, 0.15) is 5.65 Å². The normalized spacial score (nSPS) is 11.8. The topological polar surface area (TPSA) is 30.2 Å². The Morgan fingerprint density at radius 2 is 1.38 bits per heavy atom. The smallest absolute Gasteiger partial charge is 0.147 e. The molecule has 0 aliphatic rings. The van der Waals surface area contributed by atoms with Crippen LogP contribution in [0.4, 0.5) is 0 Å². The summed E-state index contributed by atoms with van der Waals surface area (Å²) in [6.07, 6.45) is 0. The van der Waals surface area contributed by atoms with Crippen LogP contribution in [0, 0.1) is 13.8 Å². The van der Waals surface area contributed by atoms with Gasteiger partial charge in [-0.3, -0.25) is 4.40 Å². The molecule has 0 aliphatic heterocycles. The van der Waals surface area contributed by atoms with Gasteiger partial charge in [0.15, 0.2) is 0 Å². The van der Waals surface area contributed by atoms with Crippen LogP contribution in [0.25, 0.3) is 49.5 Å². The van der Waals surface area contributed by atoms with Gasteiger partial charge in [-0.05, 0) is 31.5 Å². The number of rotatable bonds is 1. The molecule has 0 unspecified atom stereocenters. The summed E-state index contributed by atoms with van der Waals surface area (Å²) in [6, 6.07) is 27.5. The van der Waals surface area contributed by atoms with Gasteiger partial charge in [-0.2, -0.15) is 0 Å². The van der Waals surface area contributed by atoms with Crippen molar-refractivity contribution in [2.45, 2.75) is 13.8 Å². The van der Waals surface area contributed by atoms with Crippen LogP contribution in [0.5, 0.6) is 0 Å². The fraction of sp³-hybridized carbons (Fsp3) is 0.0769. The lowest BCUT2D eigenvalue weighted by Crippen LogP contribution is -1.97. The Bertz CT molecular complexity index is 1560. The van der Waals surface area contributed by atoms with E-state index in [1.807, 2.05) is 0 Å². The molecule has 0 spiro atoms. The van der Waals surface area contributed by atoms with Crippen molar-refractivity contribution in [3.8, 4) is 11.1 Å². The van der Waals surface area contributed by atoms with Crippen LogP contribution < -0.4 is 0 Å². The van der Waals surface area contributed by atoms with Crippen LogP contribution in [0.3, 0.4) is 0 Å². The van der Waals surface area contributed by atoms with Gasteiger partial charge in [-0.15, -0.1) is 0 Å². The van der Waals surface area contributed by atoms with Crippen molar-refractivity contribution in [3.05, 3.63) is 90.3 Å². The molecule has 0 atom stereocenters. The lowest BCUT2D eigenvalue weighted by atomic mass is 9.95. The second kappa shape index (κ2) is 5.89. The minimum Gasteiger partial charge on any atom is -0.296 e. The van der Waals surface area contributed by atoms with E-state index in [4.69, 9.17) is 9.97 Å². The molecular weight excluding hydrogens is 354 g/mol. The number of hydrogen-bond donors (Lipinski definition) is 0. The SMILES string of the molecule is Cc1nc2c3c(-c4ccccc4)c4ccccc4nc3c3ccccc3n2c1C. The fourth-order valence-corrected chi connectivity index (χ4v) is 4.47. The number of fused-ring (bicyclic) bond motifs is 7. The number of nitrogens with zero attached hydrogens (tertiary/aromatic N) is 3. The summed E-state index contributed by atoms with van der Waals surface area (Å²) in [5.41, 5.74) is 8.75. The quantitative estimate of drug-likeness (QED) is 0.244. The minimum absolute atomic E-state index is 0.978. The Labute approximate surface area is 168 Å². The van der Waals surface area contributed by atoms with Crippen molar-refractivity contribution in [2.75, 3.05) is 0 Å². The summed E-state index contributed by atoms with van der Waals surface area (Å²) < 4.78 is 2.29. The van der Waals surface area contributed by atoms with Gasteiger partial charge in [0.25, 0.3) is 0 Å². The third kappa shape index (κ3) is 2.18. The van der Waals surface area contributed by atoms with Gasteiger partial charge in [0, 0.05) is 22.0 Å². The van der Waals surface area contributed by atoms with E-state index >= 15 is 0 Å². The Morgan fingerprint density at radius 1 is 0.690 bits per heavy atom. The maximum Gasteiger partial charge on any atom is 0.147 e. The van der Waals surface area contributed by atoms with Crippen molar-refractivity contribution in [2.24, 2.45) is 0 Å². The van der Waals surface area contributed by atoms with Crippen LogP contribution in [0.15, 0.2) is 78.9 Å². The minimum atomic E-state index is 0.978. The molecule has 0 amide bonds. The second-order valence-corrected chi connectivity index (χ2v) is 7.55. The molecule has 0 radical (unpaired) electrons. The zero-order valence-electron chi connectivity index (χ0n) is 16.3. The van der Waals surface area contributed by atoms with Crippen LogP contribution in [0.1, 0.15) is 11.4 Å². The maximum absolute atomic E-state index is 5.13. The van der Waals surface area contributed by atoms with Gasteiger partial charge < -0.3 is 0 Å². The summed E-state index contributed by atoms with van der Waals surface area (Å²) in [7, 11) is 0. The molecule has 6 rings (SSSR count). The van der Waals surface area contributed by atoms with E-state index in [2.05, 4.69) is 97.1 Å². The van der Waals surface area contributed by atoms with Crippen molar-refractivity contribution in [3.63, 3.8) is 0 Å². The molecule has 29 heavy (non-hydrogen) atoms. The summed E-state index contributed by atoms with van der Waals surface area (Å²) in [4.78, 5) is 10.1. The van der Waals surface area contributed by atoms with E-state index in [9.17, 15) is 0 Å². The van der Waals surface area contributed by atoms with Gasteiger partial charge >= 0.3 is 0 Å². The van der Waals surface area contributed by atoms with Gasteiger partial charge in [0.05, 0.1) is 27.6 Å². The van der Waals surface area contributed by atoms with E-state index in [0.29, 0.717) is 0 Å². The van der Waals surface area contributed by atoms with Gasteiger partial charge in [-0.25, -0.2) is 9.97 Å². The van der Waals surface area contributed by atoms with E-state index in [1.165, 1.54) is 16.8 Å². The van der Waals surface area contributed by atoms with Crippen molar-refractivity contribution in [1.29, 1.82) is 0 Å². The highest BCUT2D eigenvalue weighted by molar-refractivity contribution is 6.21. The first-order valence-corrected chi connectivity index (χ1v) is 9.88. The molecule has 3 aromatic carbocycles. The van der Waals surface area contributed by atoms with Crippen LogP contribution in [0.2, 0.25) is 0 Å². The highest BCUT2D eigenvalue weighted by atomic mass is 15.0. The third-order valence-corrected chi connectivity index (χ3v) is 5.92. The molecule has 3 heterocycles. The fourth-order valence-electron chi connectivity index (χ4n) is 4.47. The summed E-state index contributed by atoms with van der Waals surface area (Å²) in [5, 5.41) is 3.42. The number of aromatic nitrogens is 3. The molecular formula is C26H19N3. The summed E-state index contributed by atoms with van der Waals surface area (Å²) >= 11 is 0. The van der Waals surface area contributed by atoms with Gasteiger partial charge in [0.2, 0.25) is 0 Å². The van der Waals surface area contributed by atoms with E-state index in [-0.39, 0.29) is 0 Å². The Balaban J connectivity index is 2.01. The van der Waals surface area contributed by atoms with Crippen LogP contribution in [-0.2, 0) is 0 Å². The summed E-state index contributed by atoms with van der Waals surface area (Å²) in [6.45, 7) is 4.23. The monoisotopic (exact) mass is 373 g/mol. The molecule has 0 fully saturated rings. The molecule has 3 aromatic heterocycles. The predicted molar refractivity (Wildman–Crippen MR) is 120 cm³/mol. The first-order chi connectivity index (χ1) is 14.2. The number of para-hydroxylation sites is 2. The highest BCUT2D eigenvalue weighted by Crippen LogP contribution is 2.40. The van der Waals surface area contributed by atoms with Crippen molar-refractivity contribution < 1.29 is 0 Å². The highest BCUT2D eigenvalue weighted by Gasteiger charge is 2.20. The predicted octanol–water partition coefficient (Wildman–Crippen LogP) is 6.47. The van der Waals surface area contributed by atoms with E-state index in [0.717, 1.165) is 44.0 Å². The molecule has 3 heteroatoms. The standard InChI is InChI=1S/C26H19N3/c1-16-17(2)29-22-15-9-7-13-20(22)25-24(26(29)27-16)23(18-10-4-3-5-11-18)19-12-6-8-14-21(19)28-25/h3-15H,1-2H3. The van der Waals surface area contributed by atoms with E-state index < -0.39 is 0 Å². The number of hydrogen-bond acceptors (Lipinski definition) is 2. The number of imidazole rings is 1. The Morgan fingerprint density at radius 3 is 2.21 bits per heavy atom. The lowest BCUT2D eigenvalue weighted by molar-refractivity contribution is 1.14. The third-order valence-electron chi connectivity index (χ3n) is 5.92. The molecule has 6 aromatic rings. The largest absolute Gasteiger partial charge is 0.296 e. The van der Waals surface area contributed by atoms with E-state index in [1.54, 1.807) is 0 Å². The van der Waals surface area contributed by atoms with Crippen LogP contribution in [-0.4, -0.2) is 14.4 Å². The molecule has 0 saturated carbocycles. The Kier molecular flexibility index (Phi) is 3.30. The first kappa shape index (κ1) is 16.3. The molecule has 0 saturated heterocycles. The summed E-state index contributed by atoms with van der Waals surface area (Å²) in [5.74, 6) is 0. The number of aryl methyl sites for hydroxylation is 2. The Hall–Kier alpha value is -3.72. The van der Waals surface area contributed by atoms with Crippen molar-refractivity contribution >= 4 is 38.4 Å². The maximum atomic E-state index is 5.13. The zero-order chi connectivity index (χ0) is 19.5. The number of benzene rings is 3. The average Bonchev–Trinajstić information content (AvgIpc) is 3.07. The molecule has 3 nitrogen and oxygen atoms in total. The number of pyridine rings is 2. The van der Waals surface area contributed by atoms with Gasteiger partial charge in [-0.1, -0.05) is 66.7 Å². The lowest BCUT2D eigenvalue weighted by Gasteiger charge is -2.15. The molecule has 0 bridgehead atoms. The molecule has 0 aliphatic carbocycles. The van der Waals surface area contributed by atoms with Crippen molar-refractivity contribution in [1.82, 2.24) is 14.4 Å².